The zero-order chi connectivity index (χ0) is 25.4. The highest BCUT2D eigenvalue weighted by molar-refractivity contribution is 5.67. The minimum Gasteiger partial charge on any atom is -0.382 e. The first-order chi connectivity index (χ1) is 17.4. The van der Waals surface area contributed by atoms with Gasteiger partial charge in [-0.1, -0.05) is 17.7 Å². The number of benzene rings is 2. The van der Waals surface area contributed by atoms with E-state index in [1.807, 2.05) is 0 Å². The number of hydrogen-bond donors (Lipinski definition) is 0. The van der Waals surface area contributed by atoms with Gasteiger partial charge in [-0.15, -0.1) is 0 Å². The molecule has 0 spiro atoms. The van der Waals surface area contributed by atoms with E-state index < -0.39 is 0 Å². The quantitative estimate of drug-likeness (QED) is 0.328. The molecule has 0 aliphatic carbocycles. The molecule has 0 N–H and O–H groups in total. The fraction of sp³-hybridized carbons (Fsp3) is 0.312. The van der Waals surface area contributed by atoms with Crippen LogP contribution >= 0.6 is 0 Å². The van der Waals surface area contributed by atoms with Gasteiger partial charge in [0.25, 0.3) is 0 Å². The van der Waals surface area contributed by atoms with Gasteiger partial charge in [0.1, 0.15) is 6.10 Å². The fourth-order valence-electron chi connectivity index (χ4n) is 6.01. The molecule has 1 aliphatic heterocycles. The van der Waals surface area contributed by atoms with Crippen molar-refractivity contribution < 1.29 is 18.6 Å². The summed E-state index contributed by atoms with van der Waals surface area (Å²) >= 11 is 0. The van der Waals surface area contributed by atoms with Gasteiger partial charge >= 0.3 is 0 Å². The van der Waals surface area contributed by atoms with Crippen molar-refractivity contribution in [3.8, 4) is 22.5 Å². The Balaban J connectivity index is 1.76. The van der Waals surface area contributed by atoms with E-state index in [1.54, 1.807) is 14.2 Å². The Morgan fingerprint density at radius 1 is 0.806 bits per heavy atom. The van der Waals surface area contributed by atoms with Crippen molar-refractivity contribution in [3.63, 3.8) is 0 Å². The molecule has 0 fully saturated rings. The molecule has 4 heteroatoms. The van der Waals surface area contributed by atoms with Gasteiger partial charge in [0.2, 0.25) is 24.0 Å². The second-order valence-corrected chi connectivity index (χ2v) is 10.0. The maximum absolute atomic E-state index is 5.94. The van der Waals surface area contributed by atoms with Crippen molar-refractivity contribution in [1.29, 1.82) is 0 Å². The number of ether oxygens (including phenoxy) is 2. The van der Waals surface area contributed by atoms with Crippen LogP contribution in [0.5, 0.6) is 0 Å². The van der Waals surface area contributed by atoms with Crippen molar-refractivity contribution in [2.45, 2.75) is 46.4 Å². The third-order valence-corrected chi connectivity index (χ3v) is 7.41. The molecule has 1 aliphatic rings. The zero-order valence-corrected chi connectivity index (χ0v) is 22.2. The van der Waals surface area contributed by atoms with E-state index in [2.05, 4.69) is 110 Å². The lowest BCUT2D eigenvalue weighted by Gasteiger charge is -2.25. The topological polar surface area (TPSA) is 26.2 Å². The van der Waals surface area contributed by atoms with Crippen LogP contribution < -0.4 is 9.13 Å². The van der Waals surface area contributed by atoms with Gasteiger partial charge < -0.3 is 9.47 Å². The molecule has 5 rings (SSSR count). The Morgan fingerprint density at radius 2 is 1.47 bits per heavy atom. The Morgan fingerprint density at radius 3 is 2.19 bits per heavy atom. The van der Waals surface area contributed by atoms with Crippen molar-refractivity contribution in [2.75, 3.05) is 20.8 Å². The second kappa shape index (κ2) is 9.96. The van der Waals surface area contributed by atoms with E-state index >= 15 is 0 Å². The highest BCUT2D eigenvalue weighted by Crippen LogP contribution is 2.37. The lowest BCUT2D eigenvalue weighted by molar-refractivity contribution is -0.784. The van der Waals surface area contributed by atoms with E-state index in [9.17, 15) is 0 Å². The summed E-state index contributed by atoms with van der Waals surface area (Å²) in [6.45, 7) is 10.2. The van der Waals surface area contributed by atoms with Gasteiger partial charge in [0.05, 0.1) is 17.7 Å². The molecule has 0 amide bonds. The summed E-state index contributed by atoms with van der Waals surface area (Å²) in [7, 11) is 3.50. The lowest BCUT2D eigenvalue weighted by Crippen LogP contribution is -2.54. The molecule has 36 heavy (non-hydrogen) atoms. The molecule has 3 heterocycles. The fourth-order valence-corrected chi connectivity index (χ4v) is 6.01. The largest absolute Gasteiger partial charge is 0.382 e. The van der Waals surface area contributed by atoms with Gasteiger partial charge in [-0.25, -0.2) is 0 Å². The monoisotopic (exact) mass is 480 g/mol. The third-order valence-electron chi connectivity index (χ3n) is 7.41. The first-order valence-corrected chi connectivity index (χ1v) is 12.7. The minimum atomic E-state index is -0.141. The molecule has 2 unspecified atom stereocenters. The molecule has 0 radical (unpaired) electrons. The van der Waals surface area contributed by atoms with Gasteiger partial charge in [-0.05, 0) is 74.2 Å². The molecule has 2 atom stereocenters. The molecule has 4 nitrogen and oxygen atoms in total. The molecule has 0 bridgehead atoms. The SMILES string of the molecule is COCC(OC)c1c(C)cc(C)cc1-c1cccc[n+]1C1C[n+]2ccccc2-c2cc(C)cc(C)c21. The van der Waals surface area contributed by atoms with Crippen molar-refractivity contribution in [3.05, 3.63) is 106 Å². The van der Waals surface area contributed by atoms with Crippen molar-refractivity contribution in [2.24, 2.45) is 0 Å². The Hall–Kier alpha value is -3.34. The van der Waals surface area contributed by atoms with Crippen LogP contribution in [-0.4, -0.2) is 20.8 Å². The van der Waals surface area contributed by atoms with Crippen LogP contribution in [0.1, 0.15) is 45.5 Å². The van der Waals surface area contributed by atoms with E-state index in [0.29, 0.717) is 6.61 Å². The van der Waals surface area contributed by atoms with Gasteiger partial charge in [0, 0.05) is 44.0 Å². The summed E-state index contributed by atoms with van der Waals surface area (Å²) in [4.78, 5) is 0. The number of rotatable bonds is 6. The summed E-state index contributed by atoms with van der Waals surface area (Å²) in [5.41, 5.74) is 12.7. The molecular formula is C32H36N2O2+2. The number of nitrogens with zero attached hydrogens (tertiary/aromatic N) is 2. The number of fused-ring (bicyclic) bond motifs is 3. The molecule has 2 aromatic carbocycles. The van der Waals surface area contributed by atoms with E-state index in [0.717, 1.165) is 6.54 Å². The van der Waals surface area contributed by atoms with Crippen LogP contribution in [-0.2, 0) is 16.0 Å². The van der Waals surface area contributed by atoms with Crippen LogP contribution in [0.4, 0.5) is 0 Å². The van der Waals surface area contributed by atoms with Crippen molar-refractivity contribution in [1.82, 2.24) is 0 Å². The van der Waals surface area contributed by atoms with Crippen molar-refractivity contribution >= 4 is 0 Å². The normalized spacial score (nSPS) is 15.3. The van der Waals surface area contributed by atoms with Crippen LogP contribution in [0.25, 0.3) is 22.5 Å². The van der Waals surface area contributed by atoms with E-state index in [-0.39, 0.29) is 12.1 Å². The summed E-state index contributed by atoms with van der Waals surface area (Å²) in [6.07, 6.45) is 4.29. The molecular weight excluding hydrogens is 444 g/mol. The van der Waals surface area contributed by atoms with Crippen LogP contribution in [0.15, 0.2) is 73.1 Å². The van der Waals surface area contributed by atoms with E-state index in [1.165, 1.54) is 55.9 Å². The highest BCUT2D eigenvalue weighted by atomic mass is 16.5. The van der Waals surface area contributed by atoms with Crippen LogP contribution in [0.3, 0.4) is 0 Å². The average Bonchev–Trinajstić information content (AvgIpc) is 2.86. The average molecular weight is 481 g/mol. The molecule has 184 valence electrons. The molecule has 0 saturated heterocycles. The predicted octanol–water partition coefficient (Wildman–Crippen LogP) is 5.77. The first kappa shape index (κ1) is 24.4. The molecule has 4 aromatic rings. The zero-order valence-electron chi connectivity index (χ0n) is 22.2. The predicted molar refractivity (Wildman–Crippen MR) is 143 cm³/mol. The molecule has 0 saturated carbocycles. The molecule has 2 aromatic heterocycles. The number of pyridine rings is 2. The van der Waals surface area contributed by atoms with Gasteiger partial charge in [-0.2, -0.15) is 9.13 Å². The Labute approximate surface area is 214 Å². The highest BCUT2D eigenvalue weighted by Gasteiger charge is 2.39. The minimum absolute atomic E-state index is 0.141. The Kier molecular flexibility index (Phi) is 6.74. The summed E-state index contributed by atoms with van der Waals surface area (Å²) < 4.78 is 16.3. The summed E-state index contributed by atoms with van der Waals surface area (Å²) in [6, 6.07) is 22.4. The smallest absolute Gasteiger partial charge is 0.243 e. The van der Waals surface area contributed by atoms with Gasteiger partial charge in [-0.3, -0.25) is 0 Å². The second-order valence-electron chi connectivity index (χ2n) is 10.0. The van der Waals surface area contributed by atoms with Crippen LogP contribution in [0.2, 0.25) is 0 Å². The number of hydrogen-bond acceptors (Lipinski definition) is 2. The number of methoxy groups -OCH3 is 2. The standard InChI is InChI=1S/C32H36N2O2/c1-21-15-23(3)31-25(17-21)27-11-7-9-13-33(27)19-29(31)34-14-10-8-12-28(34)26-18-22(2)16-24(4)32(26)30(36-6)20-35-5/h7-18,29-30H,19-20H2,1-6H3/q+2. The lowest BCUT2D eigenvalue weighted by atomic mass is 9.87. The maximum atomic E-state index is 5.94. The maximum Gasteiger partial charge on any atom is 0.243 e. The first-order valence-electron chi connectivity index (χ1n) is 12.7. The van der Waals surface area contributed by atoms with Gasteiger partial charge in [0.15, 0.2) is 12.4 Å². The Bertz CT molecular complexity index is 1430. The number of aryl methyl sites for hydroxylation is 4. The summed E-state index contributed by atoms with van der Waals surface area (Å²) in [5.74, 6) is 0. The number of aromatic nitrogens is 2. The van der Waals surface area contributed by atoms with E-state index in [4.69, 9.17) is 9.47 Å². The summed E-state index contributed by atoms with van der Waals surface area (Å²) in [5, 5.41) is 0. The van der Waals surface area contributed by atoms with Crippen LogP contribution in [0, 0.1) is 27.7 Å². The third kappa shape index (κ3) is 4.25.